The first-order chi connectivity index (χ1) is 14.2. The number of thiazole rings is 1. The van der Waals surface area contributed by atoms with Gasteiger partial charge in [0.15, 0.2) is 0 Å². The van der Waals surface area contributed by atoms with Crippen LogP contribution in [0.1, 0.15) is 38.7 Å². The molecule has 0 spiro atoms. The van der Waals surface area contributed by atoms with Gasteiger partial charge < -0.3 is 9.64 Å². The molecule has 0 unspecified atom stereocenters. The standard InChI is InChI=1S/C22H21N3O3S/c1-28-22(27)18-7-4-9-19-17(18)8-5-11-25(19)21(26)13-16-14-29-20(24-16)12-15-6-2-3-10-23-15/h2-4,6-7,9-10,14H,5,8,11-13H2,1H3. The molecule has 7 heteroatoms. The Labute approximate surface area is 173 Å². The van der Waals surface area contributed by atoms with Crippen LogP contribution in [0, 0.1) is 0 Å². The molecular formula is C22H21N3O3S. The summed E-state index contributed by atoms with van der Waals surface area (Å²) in [7, 11) is 1.37. The number of hydrogen-bond acceptors (Lipinski definition) is 6. The van der Waals surface area contributed by atoms with E-state index in [-0.39, 0.29) is 18.3 Å². The Hall–Kier alpha value is -3.06. The third-order valence-electron chi connectivity index (χ3n) is 4.95. The van der Waals surface area contributed by atoms with E-state index >= 15 is 0 Å². The molecule has 0 bridgehead atoms. The lowest BCUT2D eigenvalue weighted by molar-refractivity contribution is -0.118. The molecule has 0 saturated carbocycles. The fourth-order valence-electron chi connectivity index (χ4n) is 3.60. The Morgan fingerprint density at radius 1 is 1.17 bits per heavy atom. The minimum Gasteiger partial charge on any atom is -0.465 e. The Bertz CT molecular complexity index is 1030. The van der Waals surface area contributed by atoms with Crippen LogP contribution in [0.2, 0.25) is 0 Å². The predicted octanol–water partition coefficient (Wildman–Crippen LogP) is 3.44. The maximum atomic E-state index is 13.0. The number of amides is 1. The number of esters is 1. The minimum absolute atomic E-state index is 0.0114. The fourth-order valence-corrected chi connectivity index (χ4v) is 4.41. The van der Waals surface area contributed by atoms with Crippen LogP contribution in [0.15, 0.2) is 48.0 Å². The van der Waals surface area contributed by atoms with Gasteiger partial charge in [0.25, 0.3) is 0 Å². The number of fused-ring (bicyclic) bond motifs is 1. The highest BCUT2D eigenvalue weighted by molar-refractivity contribution is 7.09. The van der Waals surface area contributed by atoms with Crippen LogP contribution >= 0.6 is 11.3 Å². The third-order valence-corrected chi connectivity index (χ3v) is 5.84. The van der Waals surface area contributed by atoms with Gasteiger partial charge in [-0.25, -0.2) is 9.78 Å². The monoisotopic (exact) mass is 407 g/mol. The summed E-state index contributed by atoms with van der Waals surface area (Å²) in [5.74, 6) is -0.377. The smallest absolute Gasteiger partial charge is 0.338 e. The number of carbonyl (C=O) groups is 2. The molecule has 1 amide bonds. The first-order valence-corrected chi connectivity index (χ1v) is 10.4. The van der Waals surface area contributed by atoms with Gasteiger partial charge in [-0.3, -0.25) is 9.78 Å². The molecule has 3 heterocycles. The van der Waals surface area contributed by atoms with Crippen molar-refractivity contribution in [2.75, 3.05) is 18.6 Å². The summed E-state index contributed by atoms with van der Waals surface area (Å²) < 4.78 is 4.89. The highest BCUT2D eigenvalue weighted by Gasteiger charge is 2.26. The largest absolute Gasteiger partial charge is 0.465 e. The van der Waals surface area contributed by atoms with Gasteiger partial charge in [0, 0.05) is 35.9 Å². The molecule has 3 aromatic rings. The van der Waals surface area contributed by atoms with E-state index in [1.54, 1.807) is 34.6 Å². The highest BCUT2D eigenvalue weighted by Crippen LogP contribution is 2.31. The van der Waals surface area contributed by atoms with Gasteiger partial charge >= 0.3 is 5.97 Å². The van der Waals surface area contributed by atoms with Crippen molar-refractivity contribution in [1.82, 2.24) is 9.97 Å². The molecule has 1 aliphatic rings. The summed E-state index contributed by atoms with van der Waals surface area (Å²) in [6.07, 6.45) is 4.24. The maximum Gasteiger partial charge on any atom is 0.338 e. The van der Waals surface area contributed by atoms with Crippen LogP contribution in [-0.2, 0) is 28.8 Å². The molecule has 0 N–H and O–H groups in total. The zero-order valence-electron chi connectivity index (χ0n) is 16.1. The molecule has 29 heavy (non-hydrogen) atoms. The molecule has 0 atom stereocenters. The number of methoxy groups -OCH3 is 1. The third kappa shape index (κ3) is 4.19. The summed E-state index contributed by atoms with van der Waals surface area (Å²) in [5.41, 5.74) is 3.94. The highest BCUT2D eigenvalue weighted by atomic mass is 32.1. The van der Waals surface area contributed by atoms with Crippen LogP contribution in [-0.4, -0.2) is 35.5 Å². The zero-order chi connectivity index (χ0) is 20.2. The van der Waals surface area contributed by atoms with Crippen molar-refractivity contribution in [3.63, 3.8) is 0 Å². The predicted molar refractivity (Wildman–Crippen MR) is 111 cm³/mol. The van der Waals surface area contributed by atoms with Gasteiger partial charge in [0.1, 0.15) is 0 Å². The van der Waals surface area contributed by atoms with E-state index in [1.807, 2.05) is 29.6 Å². The second-order valence-corrected chi connectivity index (χ2v) is 7.79. The van der Waals surface area contributed by atoms with Crippen LogP contribution < -0.4 is 4.90 Å². The zero-order valence-corrected chi connectivity index (χ0v) is 16.9. The number of aromatic nitrogens is 2. The Kier molecular flexibility index (Phi) is 5.67. The number of pyridine rings is 1. The lowest BCUT2D eigenvalue weighted by Gasteiger charge is -2.30. The summed E-state index contributed by atoms with van der Waals surface area (Å²) >= 11 is 1.54. The lowest BCUT2D eigenvalue weighted by Crippen LogP contribution is -2.37. The van der Waals surface area contributed by atoms with E-state index in [2.05, 4.69) is 9.97 Å². The first-order valence-electron chi connectivity index (χ1n) is 9.49. The Balaban J connectivity index is 1.50. The van der Waals surface area contributed by atoms with Gasteiger partial charge in [0.05, 0.1) is 29.8 Å². The summed E-state index contributed by atoms with van der Waals surface area (Å²) in [4.78, 5) is 35.8. The number of ether oxygens (including phenoxy) is 1. The molecule has 6 nitrogen and oxygen atoms in total. The lowest BCUT2D eigenvalue weighted by atomic mass is 9.96. The summed E-state index contributed by atoms with van der Waals surface area (Å²) in [6, 6.07) is 11.3. The number of nitrogens with zero attached hydrogens (tertiary/aromatic N) is 3. The van der Waals surface area contributed by atoms with Crippen molar-refractivity contribution in [2.24, 2.45) is 0 Å². The molecule has 1 aromatic carbocycles. The molecule has 1 aliphatic heterocycles. The van der Waals surface area contributed by atoms with Crippen LogP contribution in [0.4, 0.5) is 5.69 Å². The molecule has 0 aliphatic carbocycles. The Morgan fingerprint density at radius 3 is 2.86 bits per heavy atom. The van der Waals surface area contributed by atoms with Crippen LogP contribution in [0.3, 0.4) is 0 Å². The van der Waals surface area contributed by atoms with Crippen molar-refractivity contribution in [3.8, 4) is 0 Å². The van der Waals surface area contributed by atoms with Crippen molar-refractivity contribution in [1.29, 1.82) is 0 Å². The SMILES string of the molecule is COC(=O)c1cccc2c1CCCN2C(=O)Cc1csc(Cc2ccccn2)n1. The average Bonchev–Trinajstić information content (AvgIpc) is 3.19. The van der Waals surface area contributed by atoms with Gasteiger partial charge in [-0.15, -0.1) is 11.3 Å². The van der Waals surface area contributed by atoms with Crippen molar-refractivity contribution >= 4 is 28.9 Å². The molecular weight excluding hydrogens is 386 g/mol. The van der Waals surface area contributed by atoms with E-state index in [1.165, 1.54) is 7.11 Å². The van der Waals surface area contributed by atoms with Gasteiger partial charge in [-0.1, -0.05) is 12.1 Å². The number of benzene rings is 1. The normalized spacial score (nSPS) is 13.1. The molecule has 0 saturated heterocycles. The molecule has 148 valence electrons. The van der Waals surface area contributed by atoms with Crippen LogP contribution in [0.5, 0.6) is 0 Å². The van der Waals surface area contributed by atoms with Gasteiger partial charge in [0.2, 0.25) is 5.91 Å². The Morgan fingerprint density at radius 2 is 2.07 bits per heavy atom. The van der Waals surface area contributed by atoms with E-state index in [0.29, 0.717) is 18.5 Å². The van der Waals surface area contributed by atoms with E-state index in [0.717, 1.165) is 40.5 Å². The van der Waals surface area contributed by atoms with Crippen molar-refractivity contribution < 1.29 is 14.3 Å². The first kappa shape index (κ1) is 19.3. The average molecular weight is 407 g/mol. The summed E-state index contributed by atoms with van der Waals surface area (Å²) in [6.45, 7) is 0.640. The van der Waals surface area contributed by atoms with Crippen molar-refractivity contribution in [2.45, 2.75) is 25.7 Å². The van der Waals surface area contributed by atoms with E-state index in [9.17, 15) is 9.59 Å². The second kappa shape index (κ2) is 8.53. The molecule has 2 aromatic heterocycles. The topological polar surface area (TPSA) is 72.4 Å². The quantitative estimate of drug-likeness (QED) is 0.606. The number of carbonyl (C=O) groups excluding carboxylic acids is 2. The van der Waals surface area contributed by atoms with E-state index in [4.69, 9.17) is 4.74 Å². The number of anilines is 1. The van der Waals surface area contributed by atoms with Crippen LogP contribution in [0.25, 0.3) is 0 Å². The minimum atomic E-state index is -0.366. The second-order valence-electron chi connectivity index (χ2n) is 6.85. The molecule has 0 radical (unpaired) electrons. The fraction of sp³-hybridized carbons (Fsp3) is 0.273. The molecule has 0 fully saturated rings. The van der Waals surface area contributed by atoms with Gasteiger partial charge in [-0.05, 0) is 42.7 Å². The number of rotatable bonds is 5. The van der Waals surface area contributed by atoms with Gasteiger partial charge in [-0.2, -0.15) is 0 Å². The number of hydrogen-bond donors (Lipinski definition) is 0. The van der Waals surface area contributed by atoms with Crippen molar-refractivity contribution in [3.05, 3.63) is 75.5 Å². The van der Waals surface area contributed by atoms with E-state index < -0.39 is 0 Å². The maximum absolute atomic E-state index is 13.0. The summed E-state index contributed by atoms with van der Waals surface area (Å²) in [5, 5.41) is 2.88. The molecule has 4 rings (SSSR count).